The highest BCUT2D eigenvalue weighted by Gasteiger charge is 2.37. The highest BCUT2D eigenvalue weighted by molar-refractivity contribution is 5.74. The molecule has 0 saturated carbocycles. The molecule has 2 aliphatic rings. The van der Waals surface area contributed by atoms with Crippen LogP contribution in [0.15, 0.2) is 42.4 Å². The van der Waals surface area contributed by atoms with E-state index in [0.29, 0.717) is 5.92 Å². The van der Waals surface area contributed by atoms with Crippen LogP contribution in [-0.4, -0.2) is 28.7 Å². The van der Waals surface area contributed by atoms with Gasteiger partial charge in [-0.1, -0.05) is 6.08 Å². The summed E-state index contributed by atoms with van der Waals surface area (Å²) < 4.78 is 11.4. The Morgan fingerprint density at radius 3 is 3.30 bits per heavy atom. The standard InChI is InChI=1S/C15H15N3O2/c1-19-15(5-2-10-4-7-20-13(10)8-15)14-17-11-3-6-16-9-12(11)18-14/h2-3,5-6,8-10H,4,7H2,1H3,(H,17,18). The van der Waals surface area contributed by atoms with Crippen molar-refractivity contribution in [3.8, 4) is 0 Å². The smallest absolute Gasteiger partial charge is 0.165 e. The number of rotatable bonds is 2. The summed E-state index contributed by atoms with van der Waals surface area (Å²) in [5, 5.41) is 0. The van der Waals surface area contributed by atoms with E-state index in [1.54, 1.807) is 19.5 Å². The van der Waals surface area contributed by atoms with Crippen molar-refractivity contribution < 1.29 is 9.47 Å². The zero-order chi connectivity index (χ0) is 13.6. The van der Waals surface area contributed by atoms with E-state index >= 15 is 0 Å². The third-order valence-electron chi connectivity index (χ3n) is 3.99. The van der Waals surface area contributed by atoms with Crippen molar-refractivity contribution in [1.82, 2.24) is 15.0 Å². The number of aromatic amines is 1. The van der Waals surface area contributed by atoms with E-state index in [9.17, 15) is 0 Å². The molecule has 0 radical (unpaired) electrons. The second-order valence-corrected chi connectivity index (χ2v) is 5.12. The Bertz CT molecular complexity index is 686. The number of imidazole rings is 1. The first-order valence-electron chi connectivity index (χ1n) is 6.71. The molecule has 20 heavy (non-hydrogen) atoms. The van der Waals surface area contributed by atoms with E-state index in [2.05, 4.69) is 27.1 Å². The van der Waals surface area contributed by atoms with E-state index in [0.717, 1.165) is 35.6 Å². The van der Waals surface area contributed by atoms with Crippen molar-refractivity contribution in [2.45, 2.75) is 12.0 Å². The number of fused-ring (bicyclic) bond motifs is 2. The van der Waals surface area contributed by atoms with Crippen LogP contribution in [0.25, 0.3) is 11.0 Å². The number of H-pyrrole nitrogens is 1. The largest absolute Gasteiger partial charge is 0.497 e. The first kappa shape index (κ1) is 11.7. The van der Waals surface area contributed by atoms with Crippen molar-refractivity contribution in [2.75, 3.05) is 13.7 Å². The highest BCUT2D eigenvalue weighted by atomic mass is 16.5. The van der Waals surface area contributed by atoms with Crippen LogP contribution < -0.4 is 0 Å². The van der Waals surface area contributed by atoms with Gasteiger partial charge in [-0.05, 0) is 24.6 Å². The second kappa shape index (κ2) is 4.18. The van der Waals surface area contributed by atoms with Gasteiger partial charge in [0.15, 0.2) is 5.60 Å². The third-order valence-corrected chi connectivity index (χ3v) is 3.99. The summed E-state index contributed by atoms with van der Waals surface area (Å²) in [7, 11) is 1.68. The van der Waals surface area contributed by atoms with Gasteiger partial charge in [0, 0.05) is 19.2 Å². The minimum absolute atomic E-state index is 0.379. The molecule has 1 aliphatic heterocycles. The van der Waals surface area contributed by atoms with Gasteiger partial charge in [-0.15, -0.1) is 0 Å². The average molecular weight is 269 g/mol. The first-order valence-corrected chi connectivity index (χ1v) is 6.71. The number of methoxy groups -OCH3 is 1. The molecule has 2 unspecified atom stereocenters. The van der Waals surface area contributed by atoms with Gasteiger partial charge >= 0.3 is 0 Å². The Morgan fingerprint density at radius 1 is 1.50 bits per heavy atom. The number of pyridine rings is 1. The first-order chi connectivity index (χ1) is 9.81. The summed E-state index contributed by atoms with van der Waals surface area (Å²) >= 11 is 0. The van der Waals surface area contributed by atoms with Gasteiger partial charge in [0.2, 0.25) is 0 Å². The maximum absolute atomic E-state index is 5.75. The Balaban J connectivity index is 1.85. The lowest BCUT2D eigenvalue weighted by Gasteiger charge is -2.28. The predicted molar refractivity (Wildman–Crippen MR) is 73.9 cm³/mol. The van der Waals surface area contributed by atoms with Crippen molar-refractivity contribution in [1.29, 1.82) is 0 Å². The Hall–Kier alpha value is -2.14. The van der Waals surface area contributed by atoms with Crippen LogP contribution in [0, 0.1) is 5.92 Å². The second-order valence-electron chi connectivity index (χ2n) is 5.12. The fourth-order valence-corrected chi connectivity index (χ4v) is 2.82. The molecular formula is C15H15N3O2. The van der Waals surface area contributed by atoms with Crippen LogP contribution in [0.5, 0.6) is 0 Å². The Labute approximate surface area is 116 Å². The van der Waals surface area contributed by atoms with E-state index in [1.165, 1.54) is 0 Å². The number of aromatic nitrogens is 3. The molecule has 1 N–H and O–H groups in total. The lowest BCUT2D eigenvalue weighted by atomic mass is 9.90. The van der Waals surface area contributed by atoms with Gasteiger partial charge in [-0.3, -0.25) is 4.98 Å². The lowest BCUT2D eigenvalue weighted by Crippen LogP contribution is -2.28. The zero-order valence-corrected chi connectivity index (χ0v) is 11.2. The lowest BCUT2D eigenvalue weighted by molar-refractivity contribution is 0.0586. The molecule has 5 nitrogen and oxygen atoms in total. The maximum Gasteiger partial charge on any atom is 0.165 e. The van der Waals surface area contributed by atoms with E-state index in [1.807, 2.05) is 12.1 Å². The molecule has 0 amide bonds. The van der Waals surface area contributed by atoms with Gasteiger partial charge < -0.3 is 14.5 Å². The number of nitrogens with zero attached hydrogens (tertiary/aromatic N) is 2. The van der Waals surface area contributed by atoms with Crippen molar-refractivity contribution in [2.24, 2.45) is 5.92 Å². The third kappa shape index (κ3) is 1.59. The van der Waals surface area contributed by atoms with Gasteiger partial charge in [-0.25, -0.2) is 4.98 Å². The monoisotopic (exact) mass is 269 g/mol. The number of allylic oxidation sites excluding steroid dienone is 1. The minimum Gasteiger partial charge on any atom is -0.497 e. The van der Waals surface area contributed by atoms with Crippen molar-refractivity contribution in [3.05, 3.63) is 48.3 Å². The van der Waals surface area contributed by atoms with Gasteiger partial charge in [0.25, 0.3) is 0 Å². The topological polar surface area (TPSA) is 60.0 Å². The van der Waals surface area contributed by atoms with Gasteiger partial charge in [-0.2, -0.15) is 0 Å². The molecule has 1 fully saturated rings. The van der Waals surface area contributed by atoms with Gasteiger partial charge in [0.05, 0.1) is 23.8 Å². The Morgan fingerprint density at radius 2 is 2.45 bits per heavy atom. The summed E-state index contributed by atoms with van der Waals surface area (Å²) in [6, 6.07) is 1.88. The molecule has 2 aromatic heterocycles. The van der Waals surface area contributed by atoms with Crippen molar-refractivity contribution in [3.63, 3.8) is 0 Å². The molecule has 3 heterocycles. The summed E-state index contributed by atoms with van der Waals surface area (Å²) in [6.45, 7) is 0.769. The molecule has 102 valence electrons. The molecule has 2 atom stereocenters. The number of nitrogens with one attached hydrogen (secondary N) is 1. The van der Waals surface area contributed by atoms with E-state index in [-0.39, 0.29) is 0 Å². The molecule has 0 aromatic carbocycles. The van der Waals surface area contributed by atoms with Crippen LogP contribution in [-0.2, 0) is 15.1 Å². The predicted octanol–water partition coefficient (Wildman–Crippen LogP) is 2.29. The summed E-state index contributed by atoms with van der Waals surface area (Å²) in [6.07, 6.45) is 10.8. The van der Waals surface area contributed by atoms with Crippen LogP contribution in [0.3, 0.4) is 0 Å². The number of hydrogen-bond donors (Lipinski definition) is 1. The Kier molecular flexibility index (Phi) is 2.44. The minimum atomic E-state index is -0.685. The summed E-state index contributed by atoms with van der Waals surface area (Å²) in [5.74, 6) is 2.11. The van der Waals surface area contributed by atoms with Crippen LogP contribution in [0.4, 0.5) is 0 Å². The van der Waals surface area contributed by atoms with E-state index in [4.69, 9.17) is 9.47 Å². The van der Waals surface area contributed by atoms with E-state index < -0.39 is 5.60 Å². The van der Waals surface area contributed by atoms with Crippen molar-refractivity contribution >= 4 is 11.0 Å². The van der Waals surface area contributed by atoms with Crippen LogP contribution in [0.1, 0.15) is 12.2 Å². The number of ether oxygens (including phenoxy) is 2. The average Bonchev–Trinajstić information content (AvgIpc) is 3.12. The molecule has 5 heteroatoms. The molecule has 0 spiro atoms. The molecular weight excluding hydrogens is 254 g/mol. The normalized spacial score (nSPS) is 28.2. The van der Waals surface area contributed by atoms with Gasteiger partial charge in [0.1, 0.15) is 11.6 Å². The fourth-order valence-electron chi connectivity index (χ4n) is 2.82. The molecule has 1 aliphatic carbocycles. The summed E-state index contributed by atoms with van der Waals surface area (Å²) in [5.41, 5.74) is 1.10. The maximum atomic E-state index is 5.75. The number of hydrogen-bond acceptors (Lipinski definition) is 4. The zero-order valence-electron chi connectivity index (χ0n) is 11.2. The van der Waals surface area contributed by atoms with Crippen LogP contribution >= 0.6 is 0 Å². The molecule has 2 aromatic rings. The molecule has 1 saturated heterocycles. The fraction of sp³-hybridized carbons (Fsp3) is 0.333. The summed E-state index contributed by atoms with van der Waals surface area (Å²) in [4.78, 5) is 12.0. The highest BCUT2D eigenvalue weighted by Crippen LogP contribution is 2.39. The van der Waals surface area contributed by atoms with Crippen LogP contribution in [0.2, 0.25) is 0 Å². The molecule has 0 bridgehead atoms. The quantitative estimate of drug-likeness (QED) is 0.850. The molecule has 4 rings (SSSR count). The SMILES string of the molecule is COC1(c2nc3ccncc3[nH]2)C=CC2CCOC2=C1.